The Morgan fingerprint density at radius 3 is 2.39 bits per heavy atom. The third-order valence-electron chi connectivity index (χ3n) is 9.56. The highest BCUT2D eigenvalue weighted by molar-refractivity contribution is 6.25. The van der Waals surface area contributed by atoms with Crippen molar-refractivity contribution in [3.63, 3.8) is 0 Å². The Labute approximate surface area is 173 Å². The molecule has 0 spiro atoms. The molecule has 4 aliphatic rings. The maximum atomic E-state index is 12.3. The molecular formula is C23H35ClO4. The number of Topliss-reactive ketones (excluding diaryl/α,β-unsaturated/α-hetero) is 1. The smallest absolute Gasteiger partial charge is 0.302 e. The third kappa shape index (κ3) is 2.73. The second-order valence-electron chi connectivity index (χ2n) is 10.7. The Balaban J connectivity index is 1.63. The van der Waals surface area contributed by atoms with Crippen LogP contribution in [-0.4, -0.2) is 33.9 Å². The van der Waals surface area contributed by atoms with Gasteiger partial charge in [-0.25, -0.2) is 0 Å². The minimum Gasteiger partial charge on any atom is -0.462 e. The van der Waals surface area contributed by atoms with Crippen LogP contribution in [0.25, 0.3) is 0 Å². The van der Waals surface area contributed by atoms with Crippen LogP contribution >= 0.6 is 11.6 Å². The molecule has 28 heavy (non-hydrogen) atoms. The van der Waals surface area contributed by atoms with Crippen molar-refractivity contribution in [3.8, 4) is 0 Å². The Morgan fingerprint density at radius 1 is 1.04 bits per heavy atom. The average molecular weight is 411 g/mol. The number of ether oxygens (including phenoxy) is 1. The van der Waals surface area contributed by atoms with Crippen molar-refractivity contribution in [1.29, 1.82) is 0 Å². The van der Waals surface area contributed by atoms with Crippen LogP contribution in [-0.2, 0) is 14.3 Å². The van der Waals surface area contributed by atoms with Crippen LogP contribution in [0.3, 0.4) is 0 Å². The summed E-state index contributed by atoms with van der Waals surface area (Å²) in [4.78, 5) is 23.0. The number of ketones is 1. The summed E-state index contributed by atoms with van der Waals surface area (Å²) < 4.78 is 5.49. The second kappa shape index (κ2) is 6.70. The maximum Gasteiger partial charge on any atom is 0.302 e. The van der Waals surface area contributed by atoms with Crippen LogP contribution in [0.15, 0.2) is 0 Å². The van der Waals surface area contributed by atoms with Crippen molar-refractivity contribution in [3.05, 3.63) is 0 Å². The highest BCUT2D eigenvalue weighted by Crippen LogP contribution is 2.69. The van der Waals surface area contributed by atoms with E-state index in [9.17, 15) is 14.7 Å². The molecule has 0 bridgehead atoms. The van der Waals surface area contributed by atoms with Gasteiger partial charge in [0.15, 0.2) is 0 Å². The summed E-state index contributed by atoms with van der Waals surface area (Å²) in [5.41, 5.74) is -0.0898. The van der Waals surface area contributed by atoms with Gasteiger partial charge in [0.05, 0.1) is 11.0 Å². The SMILES string of the molecule is CC(=O)O[C@H]1CC[C@]2(C)[C@H]3CC[C@]4(C)[C@@H](C(C)=O)CC[C@H]4[C@@H]3C[C@@H](O)[C@@]2(Cl)C1. The molecule has 4 rings (SSSR count). The van der Waals surface area contributed by atoms with Gasteiger partial charge in [-0.3, -0.25) is 9.59 Å². The van der Waals surface area contributed by atoms with Gasteiger partial charge in [0.1, 0.15) is 11.9 Å². The fraction of sp³-hybridized carbons (Fsp3) is 0.913. The molecule has 1 N–H and O–H groups in total. The highest BCUT2D eigenvalue weighted by atomic mass is 35.5. The predicted octanol–water partition coefficient (Wildman–Crippen LogP) is 4.50. The molecule has 5 heteroatoms. The molecule has 4 nitrogen and oxygen atoms in total. The third-order valence-corrected chi connectivity index (χ3v) is 10.4. The van der Waals surface area contributed by atoms with Gasteiger partial charge in [0.25, 0.3) is 0 Å². The van der Waals surface area contributed by atoms with E-state index in [1.165, 1.54) is 6.92 Å². The summed E-state index contributed by atoms with van der Waals surface area (Å²) in [6.45, 7) is 7.78. The van der Waals surface area contributed by atoms with Crippen LogP contribution in [0.5, 0.6) is 0 Å². The van der Waals surface area contributed by atoms with E-state index in [0.29, 0.717) is 36.4 Å². The number of alkyl halides is 1. The Bertz CT molecular complexity index is 680. The van der Waals surface area contributed by atoms with Crippen molar-refractivity contribution >= 4 is 23.4 Å². The topological polar surface area (TPSA) is 63.6 Å². The van der Waals surface area contributed by atoms with Gasteiger partial charge < -0.3 is 9.84 Å². The lowest BCUT2D eigenvalue weighted by Crippen LogP contribution is -2.66. The van der Waals surface area contributed by atoms with E-state index < -0.39 is 11.0 Å². The fourth-order valence-electron chi connectivity index (χ4n) is 8.20. The molecule has 0 heterocycles. The van der Waals surface area contributed by atoms with E-state index in [0.717, 1.165) is 38.5 Å². The van der Waals surface area contributed by atoms with Gasteiger partial charge >= 0.3 is 5.97 Å². The predicted molar refractivity (Wildman–Crippen MR) is 108 cm³/mol. The summed E-state index contributed by atoms with van der Waals surface area (Å²) in [7, 11) is 0. The molecule has 0 aromatic rings. The lowest BCUT2D eigenvalue weighted by molar-refractivity contribution is -0.173. The van der Waals surface area contributed by atoms with Gasteiger partial charge in [0, 0.05) is 19.3 Å². The van der Waals surface area contributed by atoms with E-state index in [1.807, 2.05) is 0 Å². The molecule has 4 saturated carbocycles. The maximum absolute atomic E-state index is 12.3. The van der Waals surface area contributed by atoms with Crippen LogP contribution < -0.4 is 0 Å². The number of esters is 1. The summed E-state index contributed by atoms with van der Waals surface area (Å²) in [5, 5.41) is 11.3. The first-order valence-electron chi connectivity index (χ1n) is 11.1. The van der Waals surface area contributed by atoms with E-state index >= 15 is 0 Å². The van der Waals surface area contributed by atoms with Crippen molar-refractivity contribution < 1.29 is 19.4 Å². The molecule has 0 saturated heterocycles. The number of rotatable bonds is 2. The largest absolute Gasteiger partial charge is 0.462 e. The van der Waals surface area contributed by atoms with Crippen molar-refractivity contribution in [1.82, 2.24) is 0 Å². The summed E-state index contributed by atoms with van der Waals surface area (Å²) in [5.74, 6) is 1.63. The number of aliphatic hydroxyl groups excluding tert-OH is 1. The molecule has 9 atom stereocenters. The van der Waals surface area contributed by atoms with Crippen LogP contribution in [0, 0.1) is 34.5 Å². The number of aliphatic hydroxyl groups is 1. The van der Waals surface area contributed by atoms with Crippen LogP contribution in [0.1, 0.15) is 79.1 Å². The Morgan fingerprint density at radius 2 is 1.75 bits per heavy atom. The minimum atomic E-state index is -0.737. The zero-order valence-corrected chi connectivity index (χ0v) is 18.4. The lowest BCUT2D eigenvalue weighted by Gasteiger charge is -2.65. The van der Waals surface area contributed by atoms with Gasteiger partial charge in [-0.2, -0.15) is 0 Å². The molecule has 0 aliphatic heterocycles. The molecule has 4 aliphatic carbocycles. The molecule has 0 aromatic heterocycles. The van der Waals surface area contributed by atoms with E-state index in [1.54, 1.807) is 6.92 Å². The zero-order chi connectivity index (χ0) is 20.5. The molecule has 0 amide bonds. The first kappa shape index (κ1) is 20.7. The second-order valence-corrected chi connectivity index (χ2v) is 11.3. The summed E-state index contributed by atoms with van der Waals surface area (Å²) in [6.07, 6.45) is 6.39. The number of carbonyl (C=O) groups is 2. The van der Waals surface area contributed by atoms with Gasteiger partial charge in [-0.15, -0.1) is 11.6 Å². The standard InChI is InChI=1S/C23H35ClO4/c1-13(25)17-5-6-18-16-11-20(27)23(24)12-15(28-14(2)26)7-10-22(23,4)19(16)8-9-21(17,18)3/h15-20,27H,5-12H2,1-4H3/t15-,16-,17+,18-,19-,20+,21+,22+,23-/m0/s1. The monoisotopic (exact) mass is 410 g/mol. The van der Waals surface area contributed by atoms with E-state index in [2.05, 4.69) is 13.8 Å². The van der Waals surface area contributed by atoms with Crippen LogP contribution in [0.2, 0.25) is 0 Å². The summed E-state index contributed by atoms with van der Waals surface area (Å²) >= 11 is 7.23. The fourth-order valence-corrected chi connectivity index (χ4v) is 8.70. The normalized spacial score (nSPS) is 52.9. The zero-order valence-electron chi connectivity index (χ0n) is 17.7. The quantitative estimate of drug-likeness (QED) is 0.537. The first-order valence-corrected chi connectivity index (χ1v) is 11.5. The first-order chi connectivity index (χ1) is 13.0. The van der Waals surface area contributed by atoms with Crippen molar-refractivity contribution in [2.24, 2.45) is 34.5 Å². The minimum absolute atomic E-state index is 0.0737. The molecule has 0 unspecified atom stereocenters. The van der Waals surface area contributed by atoms with E-state index in [4.69, 9.17) is 16.3 Å². The highest BCUT2D eigenvalue weighted by Gasteiger charge is 2.67. The Kier molecular flexibility index (Phi) is 4.94. The van der Waals surface area contributed by atoms with Gasteiger partial charge in [-0.1, -0.05) is 13.8 Å². The van der Waals surface area contributed by atoms with Gasteiger partial charge in [0.2, 0.25) is 0 Å². The molecule has 4 fully saturated rings. The Hall–Kier alpha value is -0.610. The molecule has 0 radical (unpaired) electrons. The number of halogens is 1. The van der Waals surface area contributed by atoms with Crippen molar-refractivity contribution in [2.45, 2.75) is 96.1 Å². The molecule has 0 aromatic carbocycles. The average Bonchev–Trinajstić information content (AvgIpc) is 2.95. The van der Waals surface area contributed by atoms with Crippen molar-refractivity contribution in [2.75, 3.05) is 0 Å². The number of fused-ring (bicyclic) bond motifs is 5. The lowest BCUT2D eigenvalue weighted by atomic mass is 9.43. The number of hydrogen-bond acceptors (Lipinski definition) is 4. The van der Waals surface area contributed by atoms with Crippen LogP contribution in [0.4, 0.5) is 0 Å². The summed E-state index contributed by atoms with van der Waals surface area (Å²) in [6, 6.07) is 0. The molecular weight excluding hydrogens is 376 g/mol. The van der Waals surface area contributed by atoms with E-state index in [-0.39, 0.29) is 28.8 Å². The number of hydrogen-bond donors (Lipinski definition) is 1. The number of carbonyl (C=O) groups excluding carboxylic acids is 2. The molecule has 158 valence electrons. The van der Waals surface area contributed by atoms with Gasteiger partial charge in [-0.05, 0) is 80.5 Å².